The van der Waals surface area contributed by atoms with Gasteiger partial charge in [0.05, 0.1) is 28.7 Å². The zero-order valence-corrected chi connectivity index (χ0v) is 27.2. The number of amides is 3. The molecule has 2 aromatic heterocycles. The fourth-order valence-corrected chi connectivity index (χ4v) is 6.62. The quantitative estimate of drug-likeness (QED) is 0.170. The Morgan fingerprint density at radius 1 is 1.04 bits per heavy atom. The van der Waals surface area contributed by atoms with Crippen LogP contribution in [0.25, 0.3) is 10.2 Å². The molecule has 1 aliphatic heterocycles. The number of aromatic nitrogens is 1. The minimum absolute atomic E-state index is 0.197. The Labute approximate surface area is 280 Å². The van der Waals surface area contributed by atoms with E-state index in [2.05, 4.69) is 15.6 Å². The fraction of sp³-hybridized carbons (Fsp3) is 0.312. The summed E-state index contributed by atoms with van der Waals surface area (Å²) in [5.41, 5.74) is 7.96. The number of nitrogens with two attached hydrogens (primary N) is 1. The van der Waals surface area contributed by atoms with Crippen molar-refractivity contribution in [1.82, 2.24) is 20.5 Å². The molecule has 3 atom stereocenters. The van der Waals surface area contributed by atoms with Crippen molar-refractivity contribution in [1.29, 1.82) is 0 Å². The van der Waals surface area contributed by atoms with E-state index in [9.17, 15) is 32.3 Å². The Hall–Kier alpha value is -4.67. The molecule has 0 spiro atoms. The van der Waals surface area contributed by atoms with Gasteiger partial charge in [-0.15, -0.1) is 22.7 Å². The number of nitrogens with zero attached hydrogens (tertiary/aromatic N) is 2. The maximum atomic E-state index is 13.8. The number of carbonyl (C=O) groups is 5. The molecule has 254 valence electrons. The van der Waals surface area contributed by atoms with Gasteiger partial charge < -0.3 is 26.4 Å². The number of hydrogen-bond acceptors (Lipinski definition) is 9. The van der Waals surface area contributed by atoms with Gasteiger partial charge in [-0.1, -0.05) is 42.5 Å². The molecule has 16 heteroatoms. The number of nitrogens with one attached hydrogen (secondary N) is 2. The van der Waals surface area contributed by atoms with Gasteiger partial charge in [0.15, 0.2) is 10.8 Å². The number of carboxylic acid groups (broad SMARTS) is 1. The molecule has 48 heavy (non-hydrogen) atoms. The van der Waals surface area contributed by atoms with E-state index in [0.29, 0.717) is 37.0 Å². The standard InChI is InChI=1S/C30H31N5O4S2.C2HF3O2/c1-18(32-25(36)16-21-6-5-15-40-21)27(37)23-8-4-14-35(23)30(39)34-26(20-12-10-19(17-31)11-13-20)28(38)29-33-22-7-2-3-9-24(22)41-29;3-2(4,5)1(6)7/h2-3,5-7,9-13,15,18,23,26H,4,8,14,16-17,31H2,1H3,(H,32,36)(H,34,39);(H,6,7). The van der Waals surface area contributed by atoms with Crippen LogP contribution in [0.15, 0.2) is 66.0 Å². The van der Waals surface area contributed by atoms with Crippen LogP contribution >= 0.6 is 22.7 Å². The number of carbonyl (C=O) groups excluding carboxylic acids is 4. The Balaban J connectivity index is 0.000000671. The first kappa shape index (κ1) is 36.2. The highest BCUT2D eigenvalue weighted by Gasteiger charge is 2.39. The largest absolute Gasteiger partial charge is 0.490 e. The van der Waals surface area contributed by atoms with Crippen molar-refractivity contribution in [2.75, 3.05) is 6.54 Å². The molecule has 0 saturated carbocycles. The van der Waals surface area contributed by atoms with Crippen molar-refractivity contribution in [3.05, 3.63) is 87.1 Å². The van der Waals surface area contributed by atoms with Gasteiger partial charge >= 0.3 is 18.2 Å². The summed E-state index contributed by atoms with van der Waals surface area (Å²) >= 11 is 2.75. The van der Waals surface area contributed by atoms with Crippen molar-refractivity contribution in [3.8, 4) is 0 Å². The topological polar surface area (TPSA) is 172 Å². The van der Waals surface area contributed by atoms with E-state index in [0.717, 1.165) is 15.1 Å². The van der Waals surface area contributed by atoms with Gasteiger partial charge in [-0.25, -0.2) is 14.6 Å². The third kappa shape index (κ3) is 9.23. The van der Waals surface area contributed by atoms with E-state index >= 15 is 0 Å². The number of thiazole rings is 1. The second-order valence-electron chi connectivity index (χ2n) is 10.8. The fourth-order valence-electron chi connectivity index (χ4n) is 4.98. The molecule has 5 rings (SSSR count). The Morgan fingerprint density at radius 3 is 2.33 bits per heavy atom. The van der Waals surface area contributed by atoms with Gasteiger partial charge in [0.2, 0.25) is 11.7 Å². The number of para-hydroxylation sites is 1. The minimum atomic E-state index is -5.08. The number of alkyl halides is 3. The highest BCUT2D eigenvalue weighted by atomic mass is 32.1. The van der Waals surface area contributed by atoms with Gasteiger partial charge in [-0.2, -0.15) is 13.2 Å². The lowest BCUT2D eigenvalue weighted by atomic mass is 10.0. The van der Waals surface area contributed by atoms with Crippen molar-refractivity contribution < 1.29 is 42.3 Å². The number of carboxylic acids is 1. The number of likely N-dealkylation sites (tertiary alicyclic amines) is 1. The van der Waals surface area contributed by atoms with Crippen LogP contribution in [0.1, 0.15) is 51.6 Å². The lowest BCUT2D eigenvalue weighted by Crippen LogP contribution is -2.52. The molecular formula is C32H32F3N5O6S2. The number of hydrogen-bond donors (Lipinski definition) is 4. The number of benzene rings is 2. The number of thiophene rings is 1. The molecule has 5 N–H and O–H groups in total. The van der Waals surface area contributed by atoms with Crippen LogP contribution in [-0.4, -0.2) is 69.3 Å². The van der Waals surface area contributed by atoms with E-state index < -0.39 is 36.3 Å². The summed E-state index contributed by atoms with van der Waals surface area (Å²) in [6.07, 6.45) is -3.76. The molecule has 3 heterocycles. The highest BCUT2D eigenvalue weighted by molar-refractivity contribution is 7.20. The lowest BCUT2D eigenvalue weighted by Gasteiger charge is -2.28. The summed E-state index contributed by atoms with van der Waals surface area (Å²) in [6.45, 7) is 2.36. The average Bonchev–Trinajstić information content (AvgIpc) is 3.84. The third-order valence-electron chi connectivity index (χ3n) is 7.39. The average molecular weight is 704 g/mol. The van der Waals surface area contributed by atoms with Gasteiger partial charge in [0, 0.05) is 18.0 Å². The predicted molar refractivity (Wildman–Crippen MR) is 174 cm³/mol. The normalized spacial score (nSPS) is 15.6. The number of halogens is 3. The van der Waals surface area contributed by atoms with E-state index in [1.807, 2.05) is 53.9 Å². The molecule has 4 aromatic rings. The molecule has 0 radical (unpaired) electrons. The Kier molecular flexibility index (Phi) is 12.0. The first-order valence-corrected chi connectivity index (χ1v) is 16.4. The molecule has 3 unspecified atom stereocenters. The number of aliphatic carboxylic acids is 1. The molecule has 11 nitrogen and oxygen atoms in total. The molecular weight excluding hydrogens is 672 g/mol. The molecule has 0 bridgehead atoms. The molecule has 2 aromatic carbocycles. The zero-order valence-electron chi connectivity index (χ0n) is 25.5. The number of urea groups is 1. The molecule has 0 aliphatic carbocycles. The summed E-state index contributed by atoms with van der Waals surface area (Å²) in [4.78, 5) is 69.0. The zero-order chi connectivity index (χ0) is 35.0. The SMILES string of the molecule is CC(NC(=O)Cc1cccs1)C(=O)C1CCCN1C(=O)NC(C(=O)c1nc2ccccc2s1)c1ccc(CN)cc1.O=C(O)C(F)(F)F. The first-order chi connectivity index (χ1) is 22.8. The van der Waals surface area contributed by atoms with E-state index in [1.54, 1.807) is 19.1 Å². The molecule has 1 aliphatic rings. The first-order valence-electron chi connectivity index (χ1n) is 14.7. The summed E-state index contributed by atoms with van der Waals surface area (Å²) in [5, 5.41) is 15.0. The van der Waals surface area contributed by atoms with Crippen LogP contribution in [0, 0.1) is 0 Å². The maximum Gasteiger partial charge on any atom is 0.490 e. The van der Waals surface area contributed by atoms with Crippen LogP contribution in [0.2, 0.25) is 0 Å². The van der Waals surface area contributed by atoms with Gasteiger partial charge in [0.25, 0.3) is 0 Å². The van der Waals surface area contributed by atoms with Gasteiger partial charge in [-0.05, 0) is 54.5 Å². The summed E-state index contributed by atoms with van der Waals surface area (Å²) in [6, 6.07) is 15.4. The lowest BCUT2D eigenvalue weighted by molar-refractivity contribution is -0.192. The molecule has 1 fully saturated rings. The predicted octanol–water partition coefficient (Wildman–Crippen LogP) is 4.86. The number of fused-ring (bicyclic) bond motifs is 1. The monoisotopic (exact) mass is 703 g/mol. The smallest absolute Gasteiger partial charge is 0.475 e. The van der Waals surface area contributed by atoms with Crippen molar-refractivity contribution >= 4 is 62.4 Å². The second-order valence-corrected chi connectivity index (χ2v) is 12.8. The summed E-state index contributed by atoms with van der Waals surface area (Å²) in [5.74, 6) is -3.58. The minimum Gasteiger partial charge on any atom is -0.475 e. The molecule has 1 saturated heterocycles. The van der Waals surface area contributed by atoms with E-state index in [-0.39, 0.29) is 28.9 Å². The van der Waals surface area contributed by atoms with E-state index in [1.165, 1.54) is 27.6 Å². The number of Topliss-reactive ketones (excluding diaryl/α,β-unsaturated/α-hetero) is 2. The van der Waals surface area contributed by atoms with E-state index in [4.69, 9.17) is 15.6 Å². The Bertz CT molecular complexity index is 1730. The summed E-state index contributed by atoms with van der Waals surface area (Å²) in [7, 11) is 0. The highest BCUT2D eigenvalue weighted by Crippen LogP contribution is 2.28. The van der Waals surface area contributed by atoms with Crippen LogP contribution < -0.4 is 16.4 Å². The van der Waals surface area contributed by atoms with Crippen molar-refractivity contribution in [2.24, 2.45) is 5.73 Å². The maximum absolute atomic E-state index is 13.8. The van der Waals surface area contributed by atoms with Crippen LogP contribution in [0.5, 0.6) is 0 Å². The second kappa shape index (κ2) is 16.0. The Morgan fingerprint density at radius 2 is 1.73 bits per heavy atom. The van der Waals surface area contributed by atoms with Gasteiger partial charge in [-0.3, -0.25) is 14.4 Å². The van der Waals surface area contributed by atoms with Crippen LogP contribution in [0.3, 0.4) is 0 Å². The van der Waals surface area contributed by atoms with Crippen molar-refractivity contribution in [3.63, 3.8) is 0 Å². The number of ketones is 2. The van der Waals surface area contributed by atoms with Crippen molar-refractivity contribution in [2.45, 2.75) is 57.0 Å². The van der Waals surface area contributed by atoms with Gasteiger partial charge in [0.1, 0.15) is 6.04 Å². The third-order valence-corrected chi connectivity index (χ3v) is 9.31. The van der Waals surface area contributed by atoms with Crippen LogP contribution in [0.4, 0.5) is 18.0 Å². The van der Waals surface area contributed by atoms with Crippen LogP contribution in [-0.2, 0) is 27.3 Å². The number of rotatable bonds is 10. The molecule has 3 amide bonds. The summed E-state index contributed by atoms with van der Waals surface area (Å²) < 4.78 is 32.6.